The molecule has 1 aromatic rings. The zero-order chi connectivity index (χ0) is 24.6. The SMILES string of the molecule is CNC(=O)CCC(C=O)N1C(=O)c2cccc(NCCCCCOCCC=O)c2C1=O.CO. The van der Waals surface area contributed by atoms with Gasteiger partial charge in [-0.1, -0.05) is 6.07 Å². The number of hydrogen-bond acceptors (Lipinski definition) is 8. The summed E-state index contributed by atoms with van der Waals surface area (Å²) >= 11 is 0. The molecule has 33 heavy (non-hydrogen) atoms. The largest absolute Gasteiger partial charge is 0.400 e. The molecule has 0 saturated heterocycles. The van der Waals surface area contributed by atoms with E-state index in [1.165, 1.54) is 7.05 Å². The van der Waals surface area contributed by atoms with E-state index < -0.39 is 17.9 Å². The van der Waals surface area contributed by atoms with Crippen molar-refractivity contribution in [2.45, 2.75) is 44.6 Å². The highest BCUT2D eigenvalue weighted by Crippen LogP contribution is 2.31. The lowest BCUT2D eigenvalue weighted by Gasteiger charge is -2.21. The van der Waals surface area contributed by atoms with Gasteiger partial charge >= 0.3 is 0 Å². The number of anilines is 1. The molecule has 182 valence electrons. The number of benzene rings is 1. The van der Waals surface area contributed by atoms with E-state index in [9.17, 15) is 24.0 Å². The lowest BCUT2D eigenvalue weighted by atomic mass is 10.1. The Hall–Kier alpha value is -3.11. The van der Waals surface area contributed by atoms with Crippen molar-refractivity contribution in [3.8, 4) is 0 Å². The molecule has 1 atom stereocenters. The number of nitrogens with one attached hydrogen (secondary N) is 2. The lowest BCUT2D eigenvalue weighted by molar-refractivity contribution is -0.121. The maximum Gasteiger partial charge on any atom is 0.264 e. The predicted octanol–water partition coefficient (Wildman–Crippen LogP) is 1.17. The van der Waals surface area contributed by atoms with Crippen molar-refractivity contribution in [3.05, 3.63) is 29.3 Å². The van der Waals surface area contributed by atoms with Crippen LogP contribution in [0.3, 0.4) is 0 Å². The number of amides is 3. The molecule has 1 aromatic carbocycles. The third-order valence-corrected chi connectivity index (χ3v) is 5.04. The Bertz CT molecular complexity index is 813. The Morgan fingerprint density at radius 3 is 2.55 bits per heavy atom. The number of unbranched alkanes of at least 4 members (excludes halogenated alkanes) is 2. The average Bonchev–Trinajstić information content (AvgIpc) is 3.10. The van der Waals surface area contributed by atoms with Crippen molar-refractivity contribution in [2.24, 2.45) is 0 Å². The van der Waals surface area contributed by atoms with Crippen molar-refractivity contribution < 1.29 is 33.8 Å². The number of aliphatic hydroxyl groups is 1. The molecule has 0 aromatic heterocycles. The molecule has 0 fully saturated rings. The highest BCUT2D eigenvalue weighted by atomic mass is 16.5. The predicted molar refractivity (Wildman–Crippen MR) is 122 cm³/mol. The number of carbonyl (C=O) groups excluding carboxylic acids is 5. The third kappa shape index (κ3) is 8.07. The number of nitrogens with zero attached hydrogens (tertiary/aromatic N) is 1. The van der Waals surface area contributed by atoms with Gasteiger partial charge in [0.05, 0.1) is 23.8 Å². The first-order chi connectivity index (χ1) is 16.0. The zero-order valence-corrected chi connectivity index (χ0v) is 19.2. The minimum Gasteiger partial charge on any atom is -0.400 e. The summed E-state index contributed by atoms with van der Waals surface area (Å²) in [6, 6.07) is 4.00. The Morgan fingerprint density at radius 1 is 1.12 bits per heavy atom. The first-order valence-electron chi connectivity index (χ1n) is 10.9. The number of ether oxygens (including phenoxy) is 1. The maximum absolute atomic E-state index is 13.0. The quantitative estimate of drug-likeness (QED) is 0.200. The van der Waals surface area contributed by atoms with E-state index in [4.69, 9.17) is 9.84 Å². The minimum atomic E-state index is -0.989. The maximum atomic E-state index is 13.0. The number of aldehydes is 2. The van der Waals surface area contributed by atoms with Crippen LogP contribution in [0.15, 0.2) is 18.2 Å². The molecule has 2 rings (SSSR count). The van der Waals surface area contributed by atoms with Gasteiger partial charge in [0.15, 0.2) is 0 Å². The minimum absolute atomic E-state index is 0.0390. The molecule has 10 nitrogen and oxygen atoms in total. The summed E-state index contributed by atoms with van der Waals surface area (Å²) in [5, 5.41) is 12.7. The van der Waals surface area contributed by atoms with E-state index in [-0.39, 0.29) is 29.9 Å². The molecule has 1 aliphatic rings. The number of aliphatic hydroxyl groups excluding tert-OH is 1. The van der Waals surface area contributed by atoms with Crippen molar-refractivity contribution >= 4 is 36.0 Å². The highest BCUT2D eigenvalue weighted by molar-refractivity contribution is 6.24. The van der Waals surface area contributed by atoms with E-state index in [1.54, 1.807) is 18.2 Å². The molecular formula is C23H33N3O7. The van der Waals surface area contributed by atoms with Crippen LogP contribution in [0.2, 0.25) is 0 Å². The van der Waals surface area contributed by atoms with Crippen LogP contribution in [0.25, 0.3) is 0 Å². The van der Waals surface area contributed by atoms with Gasteiger partial charge in [-0.05, 0) is 37.8 Å². The first kappa shape index (κ1) is 27.9. The molecule has 1 heterocycles. The van der Waals surface area contributed by atoms with E-state index >= 15 is 0 Å². The van der Waals surface area contributed by atoms with Crippen LogP contribution in [0.4, 0.5) is 5.69 Å². The van der Waals surface area contributed by atoms with Crippen molar-refractivity contribution in [1.82, 2.24) is 10.2 Å². The van der Waals surface area contributed by atoms with Gasteiger partial charge in [0, 0.05) is 45.8 Å². The van der Waals surface area contributed by atoms with Crippen LogP contribution in [-0.4, -0.2) is 80.3 Å². The van der Waals surface area contributed by atoms with Gasteiger partial charge < -0.3 is 30.1 Å². The van der Waals surface area contributed by atoms with E-state index in [1.807, 2.05) is 0 Å². The van der Waals surface area contributed by atoms with Gasteiger partial charge in [-0.3, -0.25) is 19.3 Å². The second-order valence-electron chi connectivity index (χ2n) is 7.18. The van der Waals surface area contributed by atoms with Crippen LogP contribution < -0.4 is 10.6 Å². The molecule has 0 bridgehead atoms. The second kappa shape index (κ2) is 15.7. The fourth-order valence-electron chi connectivity index (χ4n) is 3.38. The Labute approximate surface area is 193 Å². The molecule has 0 saturated carbocycles. The topological polar surface area (TPSA) is 142 Å². The van der Waals surface area contributed by atoms with Crippen molar-refractivity contribution in [2.75, 3.05) is 39.2 Å². The van der Waals surface area contributed by atoms with Crippen molar-refractivity contribution in [1.29, 1.82) is 0 Å². The second-order valence-corrected chi connectivity index (χ2v) is 7.18. The molecule has 0 radical (unpaired) electrons. The normalized spacial score (nSPS) is 13.0. The highest BCUT2D eigenvalue weighted by Gasteiger charge is 2.41. The monoisotopic (exact) mass is 463 g/mol. The summed E-state index contributed by atoms with van der Waals surface area (Å²) in [7, 11) is 2.49. The number of carbonyl (C=O) groups is 5. The molecular weight excluding hydrogens is 430 g/mol. The summed E-state index contributed by atoms with van der Waals surface area (Å²) in [6.45, 7) is 1.65. The van der Waals surface area contributed by atoms with Crippen molar-refractivity contribution in [3.63, 3.8) is 0 Å². The van der Waals surface area contributed by atoms with Crippen LogP contribution in [0.5, 0.6) is 0 Å². The van der Waals surface area contributed by atoms with E-state index in [0.717, 1.165) is 37.6 Å². The fourth-order valence-corrected chi connectivity index (χ4v) is 3.38. The summed E-state index contributed by atoms with van der Waals surface area (Å²) in [5.74, 6) is -1.31. The molecule has 0 spiro atoms. The van der Waals surface area contributed by atoms with E-state index in [2.05, 4.69) is 10.6 Å². The van der Waals surface area contributed by atoms with Crippen LogP contribution in [0, 0.1) is 0 Å². The summed E-state index contributed by atoms with van der Waals surface area (Å²) in [5.41, 5.74) is 1.07. The lowest BCUT2D eigenvalue weighted by Crippen LogP contribution is -2.41. The standard InChI is InChI=1S/C22H29N3O6.CH4O/c1-23-19(28)10-9-16(15-27)25-21(29)17-7-5-8-18(20(17)22(25)30)24-11-3-2-4-13-31-14-6-12-26;1-2/h5,7-8,12,15-16,24H,2-4,6,9-11,13-14H2,1H3,(H,23,28);2H,1H3. The Balaban J connectivity index is 0.00000265. The van der Waals surface area contributed by atoms with Gasteiger partial charge in [-0.2, -0.15) is 0 Å². The van der Waals surface area contributed by atoms with Crippen LogP contribution in [0.1, 0.15) is 59.2 Å². The number of hydrogen-bond donors (Lipinski definition) is 3. The smallest absolute Gasteiger partial charge is 0.264 e. The molecule has 0 aliphatic carbocycles. The Kier molecular flexibility index (Phi) is 13.2. The van der Waals surface area contributed by atoms with Gasteiger partial charge in [0.2, 0.25) is 5.91 Å². The first-order valence-corrected chi connectivity index (χ1v) is 10.9. The third-order valence-electron chi connectivity index (χ3n) is 5.04. The molecule has 10 heteroatoms. The van der Waals surface area contributed by atoms with Gasteiger partial charge in [-0.15, -0.1) is 0 Å². The number of fused-ring (bicyclic) bond motifs is 1. The number of rotatable bonds is 15. The summed E-state index contributed by atoms with van der Waals surface area (Å²) < 4.78 is 5.32. The summed E-state index contributed by atoms with van der Waals surface area (Å²) in [4.78, 5) is 60.0. The van der Waals surface area contributed by atoms with Gasteiger partial charge in [0.1, 0.15) is 12.6 Å². The molecule has 1 unspecified atom stereocenters. The molecule has 1 aliphatic heterocycles. The average molecular weight is 464 g/mol. The Morgan fingerprint density at radius 2 is 1.88 bits per heavy atom. The van der Waals surface area contributed by atoms with Gasteiger partial charge in [-0.25, -0.2) is 0 Å². The zero-order valence-electron chi connectivity index (χ0n) is 19.2. The fraction of sp³-hybridized carbons (Fsp3) is 0.522. The molecule has 3 N–H and O–H groups in total. The molecule has 3 amide bonds. The van der Waals surface area contributed by atoms with E-state index in [0.29, 0.717) is 38.2 Å². The number of imide groups is 1. The summed E-state index contributed by atoms with van der Waals surface area (Å²) in [6.07, 6.45) is 4.50. The van der Waals surface area contributed by atoms with Crippen LogP contribution in [-0.2, 0) is 19.1 Å². The van der Waals surface area contributed by atoms with Gasteiger partial charge in [0.25, 0.3) is 11.8 Å². The van der Waals surface area contributed by atoms with Crippen LogP contribution >= 0.6 is 0 Å².